The molecule has 4 rings (SSSR count). The van der Waals surface area contributed by atoms with Crippen molar-refractivity contribution in [2.75, 3.05) is 25.3 Å². The van der Waals surface area contributed by atoms with Crippen molar-refractivity contribution in [2.24, 2.45) is 17.6 Å². The van der Waals surface area contributed by atoms with E-state index in [0.29, 0.717) is 12.0 Å². The molecule has 212 valence electrons. The lowest BCUT2D eigenvalue weighted by Gasteiger charge is -2.50. The van der Waals surface area contributed by atoms with Gasteiger partial charge in [0.05, 0.1) is 16.6 Å². The predicted octanol–water partition coefficient (Wildman–Crippen LogP) is 2.00. The molecule has 0 saturated heterocycles. The lowest BCUT2D eigenvalue weighted by atomic mass is 9.57. The van der Waals surface area contributed by atoms with Gasteiger partial charge in [0, 0.05) is 23.8 Å². The average molecular weight is 605 g/mol. The predicted molar refractivity (Wildman–Crippen MR) is 145 cm³/mol. The molecule has 2 amide bonds. The van der Waals surface area contributed by atoms with Crippen molar-refractivity contribution in [3.8, 4) is 5.75 Å². The fourth-order valence-corrected chi connectivity index (χ4v) is 6.21. The van der Waals surface area contributed by atoms with E-state index in [9.17, 15) is 39.6 Å². The van der Waals surface area contributed by atoms with E-state index in [-0.39, 0.29) is 59.4 Å². The Morgan fingerprint density at radius 1 is 1.23 bits per heavy atom. The van der Waals surface area contributed by atoms with Crippen LogP contribution in [-0.4, -0.2) is 80.3 Å². The maximum atomic E-state index is 13.8. The van der Waals surface area contributed by atoms with Crippen molar-refractivity contribution in [3.05, 3.63) is 39.1 Å². The number of fused-ring (bicyclic) bond motifs is 3. The number of nitrogens with one attached hydrogen (secondary N) is 1. The van der Waals surface area contributed by atoms with Crippen LogP contribution in [0.5, 0.6) is 5.75 Å². The molecule has 0 radical (unpaired) electrons. The number of primary amides is 1. The average Bonchev–Trinajstić information content (AvgIpc) is 2.82. The highest BCUT2D eigenvalue weighted by Crippen LogP contribution is 2.54. The molecule has 7 N–H and O–H groups in total. The zero-order valence-electron chi connectivity index (χ0n) is 21.0. The van der Waals surface area contributed by atoms with E-state index in [1.165, 1.54) is 25.1 Å². The highest BCUT2D eigenvalue weighted by molar-refractivity contribution is 6.34. The number of rotatable bonds is 6. The Balaban J connectivity index is 0.00000420. The number of aliphatic hydroxyl groups is 3. The van der Waals surface area contributed by atoms with Gasteiger partial charge < -0.3 is 31.5 Å². The first-order valence-corrected chi connectivity index (χ1v) is 12.7. The zero-order valence-corrected chi connectivity index (χ0v) is 23.3. The molecule has 0 aliphatic heterocycles. The molecular formula is C25H28Cl3N3O8. The van der Waals surface area contributed by atoms with E-state index < -0.39 is 69.7 Å². The Kier molecular flexibility index (Phi) is 8.64. The molecule has 3 aliphatic carbocycles. The number of anilines is 1. The monoisotopic (exact) mass is 603 g/mol. The summed E-state index contributed by atoms with van der Waals surface area (Å²) in [4.78, 5) is 52.6. The van der Waals surface area contributed by atoms with Gasteiger partial charge in [-0.1, -0.05) is 11.6 Å². The third kappa shape index (κ3) is 4.66. The number of ketones is 2. The molecule has 14 heteroatoms. The summed E-state index contributed by atoms with van der Waals surface area (Å²) in [7, 11) is 3.04. The lowest BCUT2D eigenvalue weighted by Crippen LogP contribution is -2.65. The molecule has 1 fully saturated rings. The van der Waals surface area contributed by atoms with Gasteiger partial charge in [-0.15, -0.1) is 24.0 Å². The number of aromatic hydroxyl groups is 1. The van der Waals surface area contributed by atoms with Gasteiger partial charge in [0.15, 0.2) is 17.1 Å². The fraction of sp³-hybridized carbons (Fsp3) is 0.440. The minimum Gasteiger partial charge on any atom is -0.508 e. The molecule has 4 atom stereocenters. The minimum atomic E-state index is -2.73. The van der Waals surface area contributed by atoms with Crippen LogP contribution in [0.25, 0.3) is 5.76 Å². The van der Waals surface area contributed by atoms with Crippen LogP contribution < -0.4 is 11.1 Å². The number of benzene rings is 1. The minimum absolute atomic E-state index is 0. The Hall–Kier alpha value is -2.83. The summed E-state index contributed by atoms with van der Waals surface area (Å²) in [6, 6.07) is 0.277. The van der Waals surface area contributed by atoms with E-state index >= 15 is 0 Å². The number of carbonyl (C=O) groups excluding carboxylic acids is 4. The first-order chi connectivity index (χ1) is 17.8. The van der Waals surface area contributed by atoms with Gasteiger partial charge in [0.25, 0.3) is 5.91 Å². The number of aliphatic hydroxyl groups excluding tert-OH is 2. The Bertz CT molecular complexity index is 1340. The molecule has 2 unspecified atom stereocenters. The van der Waals surface area contributed by atoms with Crippen molar-refractivity contribution in [2.45, 2.75) is 37.3 Å². The molecule has 1 saturated carbocycles. The molecule has 0 heterocycles. The summed E-state index contributed by atoms with van der Waals surface area (Å²) in [6.07, 6.45) is 0.476. The molecule has 39 heavy (non-hydrogen) atoms. The van der Waals surface area contributed by atoms with Gasteiger partial charge in [-0.2, -0.15) is 0 Å². The molecule has 0 bridgehead atoms. The summed E-state index contributed by atoms with van der Waals surface area (Å²) in [6.45, 7) is 0. The van der Waals surface area contributed by atoms with E-state index in [2.05, 4.69) is 5.32 Å². The Morgan fingerprint density at radius 3 is 2.44 bits per heavy atom. The van der Waals surface area contributed by atoms with E-state index in [1.807, 2.05) is 0 Å². The number of phenolic OH excluding ortho intramolecular Hbond substituents is 1. The number of hydrogen-bond acceptors (Lipinski definition) is 9. The molecule has 1 aromatic rings. The van der Waals surface area contributed by atoms with Crippen LogP contribution in [0, 0.1) is 11.8 Å². The van der Waals surface area contributed by atoms with Crippen LogP contribution in [0.4, 0.5) is 5.69 Å². The number of Topliss-reactive ketones (excluding diaryl/α,β-unsaturated/α-hetero) is 2. The number of amides is 2. The largest absolute Gasteiger partial charge is 0.508 e. The number of nitrogens with two attached hydrogens (primary N) is 1. The third-order valence-corrected chi connectivity index (χ3v) is 8.03. The quantitative estimate of drug-likeness (QED) is 0.160. The first kappa shape index (κ1) is 30.7. The summed E-state index contributed by atoms with van der Waals surface area (Å²) in [5.41, 5.74) is 1.43. The van der Waals surface area contributed by atoms with Crippen molar-refractivity contribution in [1.29, 1.82) is 0 Å². The summed E-state index contributed by atoms with van der Waals surface area (Å²) < 4.78 is 0. The van der Waals surface area contributed by atoms with E-state index in [0.717, 1.165) is 0 Å². The fourth-order valence-electron chi connectivity index (χ4n) is 5.81. The molecule has 0 aromatic heterocycles. The van der Waals surface area contributed by atoms with Crippen LogP contribution in [0.3, 0.4) is 0 Å². The van der Waals surface area contributed by atoms with Crippen molar-refractivity contribution in [1.82, 2.24) is 4.90 Å². The summed E-state index contributed by atoms with van der Waals surface area (Å²) in [5.74, 6) is -7.82. The zero-order chi connectivity index (χ0) is 28.3. The number of nitrogens with zero attached hydrogens (tertiary/aromatic N) is 1. The van der Waals surface area contributed by atoms with E-state index in [4.69, 9.17) is 28.9 Å². The van der Waals surface area contributed by atoms with Crippen molar-refractivity contribution in [3.63, 3.8) is 0 Å². The second kappa shape index (κ2) is 11.0. The Morgan fingerprint density at radius 2 is 1.87 bits per heavy atom. The second-order valence-corrected chi connectivity index (χ2v) is 10.7. The van der Waals surface area contributed by atoms with Crippen LogP contribution in [0.2, 0.25) is 5.02 Å². The number of likely N-dealkylation sites (N-methyl/N-ethyl adjacent to an activating group) is 1. The van der Waals surface area contributed by atoms with Gasteiger partial charge in [-0.05, 0) is 50.9 Å². The number of carbonyl (C=O) groups is 4. The van der Waals surface area contributed by atoms with Gasteiger partial charge in [-0.3, -0.25) is 24.1 Å². The molecule has 11 nitrogen and oxygen atoms in total. The number of halogens is 3. The van der Waals surface area contributed by atoms with Gasteiger partial charge >= 0.3 is 0 Å². The van der Waals surface area contributed by atoms with Gasteiger partial charge in [-0.25, -0.2) is 0 Å². The van der Waals surface area contributed by atoms with Gasteiger partial charge in [0.2, 0.25) is 11.7 Å². The number of hydrogen-bond donors (Lipinski definition) is 6. The topological polar surface area (TPSA) is 190 Å². The SMILES string of the molecule is CN(C)[C@@H]1C(=O)C(C(N)=O)=C(O)[C@@]2(O)C(=O)C3=C(O)c4c(cc(Cl)c(NC(=O)CCCCl)c4O)CC3CC12.Cl. The van der Waals surface area contributed by atoms with Crippen molar-refractivity contribution >= 4 is 70.4 Å². The molecule has 1 aromatic carbocycles. The normalized spacial score (nSPS) is 26.1. The third-order valence-electron chi connectivity index (χ3n) is 7.47. The summed E-state index contributed by atoms with van der Waals surface area (Å²) >= 11 is 12.0. The van der Waals surface area contributed by atoms with Gasteiger partial charge in [0.1, 0.15) is 22.8 Å². The molecule has 0 spiro atoms. The van der Waals surface area contributed by atoms with E-state index in [1.54, 1.807) is 0 Å². The lowest BCUT2D eigenvalue weighted by molar-refractivity contribution is -0.153. The summed E-state index contributed by atoms with van der Waals surface area (Å²) in [5, 5.41) is 47.2. The number of phenols is 1. The molecule has 3 aliphatic rings. The van der Waals surface area contributed by atoms with Crippen molar-refractivity contribution < 1.29 is 39.6 Å². The highest BCUT2D eigenvalue weighted by atomic mass is 35.5. The Labute approximate surface area is 239 Å². The standard InChI is InChI=1S/C25H27Cl2N3O8.ClH/c1-30(2)18-11-7-9-6-10-8-12(27)17(29-13(31)4-3-5-26)20(33)14(10)19(32)15(9)22(35)25(11,38)23(36)16(21(18)34)24(28)37;/h8-9,11,18,32-33,36,38H,3-7H2,1-2H3,(H2,28,37)(H,29,31);1H/t9?,11?,18-,25-;/m0./s1. The second-order valence-electron chi connectivity index (χ2n) is 9.92. The molecular weight excluding hydrogens is 577 g/mol. The maximum Gasteiger partial charge on any atom is 0.255 e. The number of alkyl halides is 1. The smallest absolute Gasteiger partial charge is 0.255 e. The maximum absolute atomic E-state index is 13.8. The van der Waals surface area contributed by atoms with Crippen LogP contribution >= 0.6 is 35.6 Å². The van der Waals surface area contributed by atoms with Crippen LogP contribution in [0.15, 0.2) is 23.0 Å². The van der Waals surface area contributed by atoms with Crippen LogP contribution in [-0.2, 0) is 25.6 Å². The van der Waals surface area contributed by atoms with Crippen LogP contribution in [0.1, 0.15) is 30.4 Å². The first-order valence-electron chi connectivity index (χ1n) is 11.8. The highest BCUT2D eigenvalue weighted by Gasteiger charge is 2.64.